The topological polar surface area (TPSA) is 58.1 Å². The average molecular weight is 324 g/mol. The zero-order chi connectivity index (χ0) is 17.1. The van der Waals surface area contributed by atoms with E-state index in [4.69, 9.17) is 0 Å². The predicted octanol–water partition coefficient (Wildman–Crippen LogP) is 3.26. The summed E-state index contributed by atoms with van der Waals surface area (Å²) in [6, 6.07) is 7.95. The number of aryl methyl sites for hydroxylation is 3. The molecule has 5 nitrogen and oxygen atoms in total. The van der Waals surface area contributed by atoms with Gasteiger partial charge in [-0.25, -0.2) is 9.97 Å². The smallest absolute Gasteiger partial charge is 0.229 e. The maximum Gasteiger partial charge on any atom is 0.229 e. The molecule has 0 aliphatic carbocycles. The van der Waals surface area contributed by atoms with Crippen LogP contribution in [0.4, 0.5) is 11.6 Å². The van der Waals surface area contributed by atoms with Gasteiger partial charge in [-0.3, -0.25) is 4.79 Å². The van der Waals surface area contributed by atoms with E-state index in [1.54, 1.807) is 6.20 Å². The number of carbonyl (C=O) groups excluding carboxylic acids is 1. The summed E-state index contributed by atoms with van der Waals surface area (Å²) >= 11 is 0. The van der Waals surface area contributed by atoms with Gasteiger partial charge < -0.3 is 10.2 Å². The minimum absolute atomic E-state index is 0.0399. The molecule has 1 aliphatic rings. The molecule has 1 N–H and O–H groups in total. The molecule has 1 aromatic heterocycles. The number of piperidine rings is 1. The van der Waals surface area contributed by atoms with E-state index in [-0.39, 0.29) is 11.8 Å². The second-order valence-corrected chi connectivity index (χ2v) is 6.54. The van der Waals surface area contributed by atoms with Crippen LogP contribution in [0.2, 0.25) is 0 Å². The number of nitrogens with zero attached hydrogens (tertiary/aromatic N) is 3. The first-order chi connectivity index (χ1) is 11.5. The second kappa shape index (κ2) is 6.99. The van der Waals surface area contributed by atoms with Crippen LogP contribution in [0.15, 0.2) is 30.5 Å². The molecule has 1 fully saturated rings. The van der Waals surface area contributed by atoms with E-state index in [9.17, 15) is 4.79 Å². The van der Waals surface area contributed by atoms with Gasteiger partial charge in [0.25, 0.3) is 0 Å². The van der Waals surface area contributed by atoms with E-state index in [1.165, 1.54) is 0 Å². The number of benzene rings is 1. The highest BCUT2D eigenvalue weighted by Gasteiger charge is 2.27. The van der Waals surface area contributed by atoms with Crippen LogP contribution in [0.1, 0.15) is 29.7 Å². The fourth-order valence-corrected chi connectivity index (χ4v) is 3.20. The molecule has 3 rings (SSSR count). The van der Waals surface area contributed by atoms with Crippen LogP contribution in [0, 0.1) is 26.7 Å². The summed E-state index contributed by atoms with van der Waals surface area (Å²) in [5, 5.41) is 3.13. The highest BCUT2D eigenvalue weighted by Crippen LogP contribution is 2.24. The number of anilines is 2. The molecular weight excluding hydrogens is 300 g/mol. The third-order valence-electron chi connectivity index (χ3n) is 4.59. The van der Waals surface area contributed by atoms with Crippen LogP contribution in [0.25, 0.3) is 0 Å². The number of nitrogens with one attached hydrogen (secondary N) is 1. The van der Waals surface area contributed by atoms with Gasteiger partial charge in [0.05, 0.1) is 5.92 Å². The third kappa shape index (κ3) is 3.55. The molecule has 1 aromatic carbocycles. The Morgan fingerprint density at radius 1 is 1.21 bits per heavy atom. The van der Waals surface area contributed by atoms with Crippen molar-refractivity contribution in [2.75, 3.05) is 23.3 Å². The third-order valence-corrected chi connectivity index (χ3v) is 4.59. The van der Waals surface area contributed by atoms with Crippen LogP contribution in [0.3, 0.4) is 0 Å². The molecule has 0 saturated carbocycles. The zero-order valence-corrected chi connectivity index (χ0v) is 14.5. The van der Waals surface area contributed by atoms with Crippen LogP contribution < -0.4 is 10.2 Å². The summed E-state index contributed by atoms with van der Waals surface area (Å²) in [5.74, 6) is 0.770. The molecule has 0 radical (unpaired) electrons. The van der Waals surface area contributed by atoms with Crippen molar-refractivity contribution in [3.8, 4) is 0 Å². The second-order valence-electron chi connectivity index (χ2n) is 6.54. The van der Waals surface area contributed by atoms with Crippen molar-refractivity contribution in [1.29, 1.82) is 0 Å². The van der Waals surface area contributed by atoms with E-state index in [1.807, 2.05) is 45.0 Å². The van der Waals surface area contributed by atoms with Gasteiger partial charge in [-0.1, -0.05) is 18.2 Å². The van der Waals surface area contributed by atoms with Gasteiger partial charge in [-0.15, -0.1) is 0 Å². The van der Waals surface area contributed by atoms with E-state index >= 15 is 0 Å². The Morgan fingerprint density at radius 3 is 2.67 bits per heavy atom. The summed E-state index contributed by atoms with van der Waals surface area (Å²) in [6.07, 6.45) is 3.65. The van der Waals surface area contributed by atoms with Crippen molar-refractivity contribution in [3.05, 3.63) is 47.3 Å². The molecule has 0 unspecified atom stereocenters. The lowest BCUT2D eigenvalue weighted by Crippen LogP contribution is -2.41. The van der Waals surface area contributed by atoms with E-state index < -0.39 is 0 Å². The van der Waals surface area contributed by atoms with Gasteiger partial charge in [-0.2, -0.15) is 0 Å². The van der Waals surface area contributed by atoms with Crippen molar-refractivity contribution in [2.45, 2.75) is 33.6 Å². The van der Waals surface area contributed by atoms with Crippen LogP contribution >= 0.6 is 0 Å². The summed E-state index contributed by atoms with van der Waals surface area (Å²) in [6.45, 7) is 7.57. The maximum atomic E-state index is 12.7. The number of rotatable bonds is 3. The number of hydrogen-bond donors (Lipinski definition) is 1. The Balaban J connectivity index is 1.71. The van der Waals surface area contributed by atoms with E-state index in [0.29, 0.717) is 6.54 Å². The lowest BCUT2D eigenvalue weighted by Gasteiger charge is -2.32. The van der Waals surface area contributed by atoms with Crippen molar-refractivity contribution in [3.63, 3.8) is 0 Å². The molecule has 2 heterocycles. The number of para-hydroxylation sites is 1. The van der Waals surface area contributed by atoms with Gasteiger partial charge in [0, 0.05) is 30.7 Å². The van der Waals surface area contributed by atoms with Gasteiger partial charge in [0.2, 0.25) is 11.9 Å². The highest BCUT2D eigenvalue weighted by atomic mass is 16.1. The van der Waals surface area contributed by atoms with Crippen LogP contribution in [-0.4, -0.2) is 29.0 Å². The Hall–Kier alpha value is -2.43. The van der Waals surface area contributed by atoms with Crippen molar-refractivity contribution in [2.24, 2.45) is 5.92 Å². The van der Waals surface area contributed by atoms with Crippen molar-refractivity contribution in [1.82, 2.24) is 9.97 Å². The molecule has 0 bridgehead atoms. The molecular formula is C19H24N4O. The number of amides is 1. The monoisotopic (exact) mass is 324 g/mol. The SMILES string of the molecule is Cc1ccnc(N2CCC[C@H](C(=O)Nc3c(C)cccc3C)C2)n1. The molecule has 1 saturated heterocycles. The molecule has 24 heavy (non-hydrogen) atoms. The molecule has 1 aliphatic heterocycles. The quantitative estimate of drug-likeness (QED) is 0.941. The predicted molar refractivity (Wildman–Crippen MR) is 96.3 cm³/mol. The van der Waals surface area contributed by atoms with Crippen molar-refractivity contribution < 1.29 is 4.79 Å². The maximum absolute atomic E-state index is 12.7. The number of aromatic nitrogens is 2. The first kappa shape index (κ1) is 16.4. The van der Waals surface area contributed by atoms with Crippen LogP contribution in [0.5, 0.6) is 0 Å². The standard InChI is InChI=1S/C19H24N4O/c1-13-6-4-7-14(2)17(13)22-18(24)16-8-5-11-23(12-16)19-20-10-9-15(3)21-19/h4,6-7,9-10,16H,5,8,11-12H2,1-3H3,(H,22,24)/t16-/m0/s1. The number of hydrogen-bond acceptors (Lipinski definition) is 4. The highest BCUT2D eigenvalue weighted by molar-refractivity contribution is 5.94. The molecule has 5 heteroatoms. The summed E-state index contributed by atoms with van der Waals surface area (Å²) < 4.78 is 0. The molecule has 1 atom stereocenters. The largest absolute Gasteiger partial charge is 0.340 e. The fraction of sp³-hybridized carbons (Fsp3) is 0.421. The molecule has 126 valence electrons. The Bertz CT molecular complexity index is 724. The number of carbonyl (C=O) groups is 1. The normalized spacial score (nSPS) is 17.6. The minimum atomic E-state index is -0.0399. The zero-order valence-electron chi connectivity index (χ0n) is 14.5. The Labute approximate surface area is 143 Å². The van der Waals surface area contributed by atoms with Gasteiger partial charge in [-0.05, 0) is 50.8 Å². The molecule has 0 spiro atoms. The van der Waals surface area contributed by atoms with Crippen LogP contribution in [-0.2, 0) is 4.79 Å². The van der Waals surface area contributed by atoms with Gasteiger partial charge in [0.1, 0.15) is 0 Å². The van der Waals surface area contributed by atoms with Gasteiger partial charge >= 0.3 is 0 Å². The minimum Gasteiger partial charge on any atom is -0.340 e. The molecule has 2 aromatic rings. The lowest BCUT2D eigenvalue weighted by atomic mass is 9.97. The van der Waals surface area contributed by atoms with Crippen molar-refractivity contribution >= 4 is 17.5 Å². The fourth-order valence-electron chi connectivity index (χ4n) is 3.20. The summed E-state index contributed by atoms with van der Waals surface area (Å²) in [4.78, 5) is 23.7. The first-order valence-corrected chi connectivity index (χ1v) is 8.46. The summed E-state index contributed by atoms with van der Waals surface area (Å²) in [7, 11) is 0. The summed E-state index contributed by atoms with van der Waals surface area (Å²) in [5.41, 5.74) is 4.07. The molecule has 1 amide bonds. The first-order valence-electron chi connectivity index (χ1n) is 8.46. The lowest BCUT2D eigenvalue weighted by molar-refractivity contribution is -0.120. The average Bonchev–Trinajstić information content (AvgIpc) is 2.58. The Kier molecular flexibility index (Phi) is 4.79. The van der Waals surface area contributed by atoms with E-state index in [2.05, 4.69) is 20.2 Å². The Morgan fingerprint density at radius 2 is 1.96 bits per heavy atom. The van der Waals surface area contributed by atoms with E-state index in [0.717, 1.165) is 47.8 Å². The van der Waals surface area contributed by atoms with Gasteiger partial charge in [0.15, 0.2) is 0 Å².